The standard InChI is InChI=1S/C20H22ClFN4O3S/c21-13-3-2-12(8-14(13)22)20(28)9-26(10-20)18-23-15-4-7-30(29)16(15)17(24-18)25-19(11-27)5-1-6-19/h2-3,8,27-28H,1,4-7,9-11H2,(H,23,24,25)/t30-/m1/s1. The van der Waals surface area contributed by atoms with Crippen LogP contribution in [0.25, 0.3) is 0 Å². The Morgan fingerprint density at radius 3 is 2.70 bits per heavy atom. The zero-order chi connectivity index (χ0) is 21.1. The molecule has 2 fully saturated rings. The summed E-state index contributed by atoms with van der Waals surface area (Å²) in [5, 5.41) is 24.1. The van der Waals surface area contributed by atoms with Crippen LogP contribution < -0.4 is 10.2 Å². The lowest BCUT2D eigenvalue weighted by Gasteiger charge is -2.47. The number of hydrogen-bond donors (Lipinski definition) is 3. The number of nitrogens with one attached hydrogen (secondary N) is 1. The molecule has 0 spiro atoms. The Morgan fingerprint density at radius 1 is 1.30 bits per heavy atom. The Labute approximate surface area is 181 Å². The van der Waals surface area contributed by atoms with Gasteiger partial charge in [-0.05, 0) is 48.1 Å². The molecule has 7 nitrogen and oxygen atoms in total. The molecule has 3 N–H and O–H groups in total. The number of aliphatic hydroxyl groups is 2. The molecule has 1 aliphatic carbocycles. The monoisotopic (exact) mass is 452 g/mol. The minimum absolute atomic E-state index is 0.0120. The van der Waals surface area contributed by atoms with Gasteiger partial charge in [0.2, 0.25) is 10.8 Å². The van der Waals surface area contributed by atoms with Crippen molar-refractivity contribution in [1.29, 1.82) is 0 Å². The van der Waals surface area contributed by atoms with Gasteiger partial charge in [0.1, 0.15) is 22.9 Å². The molecule has 1 saturated heterocycles. The van der Waals surface area contributed by atoms with Crippen molar-refractivity contribution in [2.45, 2.75) is 41.7 Å². The highest BCUT2D eigenvalue weighted by Gasteiger charge is 2.46. The number of aromatic nitrogens is 2. The number of fused-ring (bicyclic) bond motifs is 1. The second kappa shape index (κ2) is 7.20. The number of β-amino-alcohol motifs (C(OH)–C–C–N with tert-alkyl or cyclic N) is 1. The molecule has 3 aliphatic rings. The van der Waals surface area contributed by atoms with Crippen molar-refractivity contribution < 1.29 is 19.2 Å². The van der Waals surface area contributed by atoms with Crippen LogP contribution in [-0.2, 0) is 23.2 Å². The van der Waals surface area contributed by atoms with Gasteiger partial charge in [0.25, 0.3) is 0 Å². The normalized spacial score (nSPS) is 23.5. The molecule has 0 unspecified atom stereocenters. The summed E-state index contributed by atoms with van der Waals surface area (Å²) in [5.41, 5.74) is -0.455. The Balaban J connectivity index is 1.42. The minimum atomic E-state index is -1.22. The maximum Gasteiger partial charge on any atom is 0.228 e. The Morgan fingerprint density at radius 2 is 2.07 bits per heavy atom. The van der Waals surface area contributed by atoms with Crippen molar-refractivity contribution in [3.8, 4) is 0 Å². The molecule has 1 saturated carbocycles. The first-order valence-corrected chi connectivity index (χ1v) is 11.6. The molecule has 160 valence electrons. The summed E-state index contributed by atoms with van der Waals surface area (Å²) in [4.78, 5) is 11.6. The highest BCUT2D eigenvalue weighted by Crippen LogP contribution is 2.41. The van der Waals surface area contributed by atoms with Crippen molar-refractivity contribution in [1.82, 2.24) is 9.97 Å². The number of aryl methyl sites for hydroxylation is 1. The summed E-state index contributed by atoms with van der Waals surface area (Å²) >= 11 is 4.57. The summed E-state index contributed by atoms with van der Waals surface area (Å²) in [5.74, 6) is 0.871. The van der Waals surface area contributed by atoms with Gasteiger partial charge in [-0.15, -0.1) is 0 Å². The smallest absolute Gasteiger partial charge is 0.228 e. The second-order valence-corrected chi connectivity index (χ2v) is 10.3. The molecule has 0 bridgehead atoms. The van der Waals surface area contributed by atoms with Gasteiger partial charge in [-0.2, -0.15) is 4.98 Å². The van der Waals surface area contributed by atoms with Gasteiger partial charge >= 0.3 is 0 Å². The molecule has 2 aromatic rings. The molecule has 30 heavy (non-hydrogen) atoms. The van der Waals surface area contributed by atoms with E-state index in [-0.39, 0.29) is 24.7 Å². The van der Waals surface area contributed by atoms with Crippen LogP contribution in [0.3, 0.4) is 0 Å². The fourth-order valence-corrected chi connectivity index (χ4v) is 5.71. The zero-order valence-corrected chi connectivity index (χ0v) is 17.8. The van der Waals surface area contributed by atoms with Crippen LogP contribution >= 0.6 is 11.6 Å². The fourth-order valence-electron chi connectivity index (χ4n) is 4.28. The zero-order valence-electron chi connectivity index (χ0n) is 16.2. The van der Waals surface area contributed by atoms with E-state index < -0.39 is 28.1 Å². The number of rotatable bonds is 5. The molecular formula is C20H22ClFN4O3S. The molecule has 2 aliphatic heterocycles. The van der Waals surface area contributed by atoms with Gasteiger partial charge in [0, 0.05) is 6.42 Å². The number of halogens is 2. The third kappa shape index (κ3) is 3.23. The first-order chi connectivity index (χ1) is 14.3. The predicted octanol–water partition coefficient (Wildman–Crippen LogP) is 1.97. The van der Waals surface area contributed by atoms with E-state index in [9.17, 15) is 19.2 Å². The number of hydrogen-bond acceptors (Lipinski definition) is 7. The van der Waals surface area contributed by atoms with Crippen molar-refractivity contribution in [2.24, 2.45) is 0 Å². The van der Waals surface area contributed by atoms with Crippen molar-refractivity contribution >= 4 is 34.5 Å². The number of benzene rings is 1. The number of anilines is 2. The molecular weight excluding hydrogens is 431 g/mol. The van der Waals surface area contributed by atoms with Crippen LogP contribution in [0.15, 0.2) is 23.1 Å². The third-order valence-corrected chi connectivity index (χ3v) is 8.08. The maximum absolute atomic E-state index is 13.8. The molecule has 0 amide bonds. The maximum atomic E-state index is 13.8. The first-order valence-electron chi connectivity index (χ1n) is 9.94. The average Bonchev–Trinajstić information content (AvgIpc) is 3.05. The Kier molecular flexibility index (Phi) is 4.86. The Bertz CT molecular complexity index is 995. The quantitative estimate of drug-likeness (QED) is 0.596. The number of aliphatic hydroxyl groups excluding tert-OH is 1. The molecule has 3 heterocycles. The van der Waals surface area contributed by atoms with E-state index in [0.717, 1.165) is 25.0 Å². The third-order valence-electron chi connectivity index (χ3n) is 6.32. The van der Waals surface area contributed by atoms with Gasteiger partial charge in [-0.1, -0.05) is 17.7 Å². The van der Waals surface area contributed by atoms with E-state index in [2.05, 4.69) is 15.3 Å². The highest BCUT2D eigenvalue weighted by molar-refractivity contribution is 7.91. The lowest BCUT2D eigenvalue weighted by molar-refractivity contribution is 0.00624. The van der Waals surface area contributed by atoms with Crippen LogP contribution in [0.4, 0.5) is 16.2 Å². The fraction of sp³-hybridized carbons (Fsp3) is 0.500. The number of nitrogens with zero attached hydrogens (tertiary/aromatic N) is 3. The Hall–Kier alpha value is -1.65. The largest absolute Gasteiger partial charge is 0.611 e. The summed E-state index contributed by atoms with van der Waals surface area (Å²) in [7, 11) is 0. The van der Waals surface area contributed by atoms with Crippen molar-refractivity contribution in [2.75, 3.05) is 35.7 Å². The van der Waals surface area contributed by atoms with Crippen molar-refractivity contribution in [3.63, 3.8) is 0 Å². The van der Waals surface area contributed by atoms with E-state index in [0.29, 0.717) is 34.4 Å². The molecule has 10 heteroatoms. The van der Waals surface area contributed by atoms with Crippen LogP contribution in [-0.4, -0.2) is 55.7 Å². The van der Waals surface area contributed by atoms with Crippen LogP contribution in [0.1, 0.15) is 30.5 Å². The molecule has 1 aromatic carbocycles. The SMILES string of the molecule is [O-][S@+]1CCc2nc(N3CC(O)(c4ccc(Cl)c(F)c4)C3)nc(NC3(CO)CCC3)c21. The summed E-state index contributed by atoms with van der Waals surface area (Å²) in [6.45, 7) is 0.403. The molecule has 1 atom stereocenters. The second-order valence-electron chi connectivity index (χ2n) is 8.38. The molecule has 1 aromatic heterocycles. The van der Waals surface area contributed by atoms with Gasteiger partial charge in [-0.3, -0.25) is 0 Å². The summed E-state index contributed by atoms with van der Waals surface area (Å²) in [6, 6.07) is 4.30. The van der Waals surface area contributed by atoms with Crippen LogP contribution in [0, 0.1) is 5.82 Å². The minimum Gasteiger partial charge on any atom is -0.611 e. The van der Waals surface area contributed by atoms with Crippen molar-refractivity contribution in [3.05, 3.63) is 40.3 Å². The van der Waals surface area contributed by atoms with Gasteiger partial charge in [0.15, 0.2) is 5.82 Å². The van der Waals surface area contributed by atoms with E-state index >= 15 is 0 Å². The summed E-state index contributed by atoms with van der Waals surface area (Å²) < 4.78 is 26.3. The lowest BCUT2D eigenvalue weighted by atomic mass is 9.77. The topological polar surface area (TPSA) is 105 Å². The average molecular weight is 453 g/mol. The lowest BCUT2D eigenvalue weighted by Crippen LogP contribution is -2.60. The van der Waals surface area contributed by atoms with E-state index in [1.54, 1.807) is 6.07 Å². The van der Waals surface area contributed by atoms with Gasteiger partial charge in [-0.25, -0.2) is 9.37 Å². The first kappa shape index (κ1) is 20.3. The summed E-state index contributed by atoms with van der Waals surface area (Å²) in [6.07, 6.45) is 3.28. The van der Waals surface area contributed by atoms with Gasteiger partial charge < -0.3 is 25.0 Å². The molecule has 5 rings (SSSR count). The van der Waals surface area contributed by atoms with Crippen LogP contribution in [0.5, 0.6) is 0 Å². The van der Waals surface area contributed by atoms with E-state index in [1.165, 1.54) is 12.1 Å². The van der Waals surface area contributed by atoms with E-state index in [4.69, 9.17) is 11.6 Å². The van der Waals surface area contributed by atoms with E-state index in [1.807, 2.05) is 4.90 Å². The van der Waals surface area contributed by atoms with Gasteiger partial charge in [0.05, 0.1) is 30.3 Å². The van der Waals surface area contributed by atoms with Crippen LogP contribution in [0.2, 0.25) is 5.02 Å². The molecule has 0 radical (unpaired) electrons. The highest BCUT2D eigenvalue weighted by atomic mass is 35.5. The predicted molar refractivity (Wildman–Crippen MR) is 112 cm³/mol.